The average molecular weight is 412 g/mol. The van der Waals surface area contributed by atoms with Crippen LogP contribution in [0.5, 0.6) is 5.75 Å². The average Bonchev–Trinajstić information content (AvgIpc) is 3.00. The van der Waals surface area contributed by atoms with Crippen LogP contribution in [0, 0.1) is 5.82 Å². The van der Waals surface area contributed by atoms with Gasteiger partial charge in [0, 0.05) is 18.7 Å². The van der Waals surface area contributed by atoms with Gasteiger partial charge in [0.2, 0.25) is 0 Å². The summed E-state index contributed by atoms with van der Waals surface area (Å²) >= 11 is 0. The second kappa shape index (κ2) is 9.09. The van der Waals surface area contributed by atoms with Gasteiger partial charge >= 0.3 is 0 Å². The highest BCUT2D eigenvalue weighted by molar-refractivity contribution is 6.46. The van der Waals surface area contributed by atoms with Gasteiger partial charge in [-0.2, -0.15) is 0 Å². The molecule has 0 saturated carbocycles. The largest absolute Gasteiger partial charge is 0.508 e. The number of aromatic hydroxyl groups is 1. The minimum atomic E-state index is -0.800. The number of halogens is 1. The number of likely N-dealkylation sites (N-methyl/N-ethyl adjacent to an activating group) is 1. The molecule has 1 amide bonds. The number of ketones is 1. The van der Waals surface area contributed by atoms with Crippen LogP contribution in [0.2, 0.25) is 0 Å². The molecule has 0 aromatic heterocycles. The van der Waals surface area contributed by atoms with Crippen LogP contribution in [-0.4, -0.2) is 57.9 Å². The lowest BCUT2D eigenvalue weighted by Crippen LogP contribution is -2.38. The molecule has 1 unspecified atom stereocenters. The summed E-state index contributed by atoms with van der Waals surface area (Å²) in [7, 11) is 0. The van der Waals surface area contributed by atoms with Crippen molar-refractivity contribution >= 4 is 17.4 Å². The van der Waals surface area contributed by atoms with Crippen molar-refractivity contribution in [2.24, 2.45) is 0 Å². The first-order chi connectivity index (χ1) is 14.4. The first-order valence-corrected chi connectivity index (χ1v) is 9.93. The second-order valence-electron chi connectivity index (χ2n) is 7.12. The number of hydrogen-bond donors (Lipinski definition) is 2. The van der Waals surface area contributed by atoms with Crippen molar-refractivity contribution in [1.29, 1.82) is 0 Å². The quantitative estimate of drug-likeness (QED) is 0.414. The Labute approximate surface area is 174 Å². The molecule has 0 bridgehead atoms. The predicted molar refractivity (Wildman–Crippen MR) is 111 cm³/mol. The molecule has 158 valence electrons. The van der Waals surface area contributed by atoms with E-state index in [0.717, 1.165) is 13.1 Å². The Morgan fingerprint density at radius 1 is 1.03 bits per heavy atom. The number of likely N-dealkylation sites (tertiary alicyclic amines) is 1. The highest BCUT2D eigenvalue weighted by Crippen LogP contribution is 2.39. The Morgan fingerprint density at radius 2 is 1.63 bits per heavy atom. The number of carbonyl (C=O) groups is 2. The molecule has 6 nitrogen and oxygen atoms in total. The fourth-order valence-electron chi connectivity index (χ4n) is 3.67. The van der Waals surface area contributed by atoms with Gasteiger partial charge in [0.05, 0.1) is 11.6 Å². The molecule has 2 aromatic rings. The molecule has 1 atom stereocenters. The van der Waals surface area contributed by atoms with E-state index in [0.29, 0.717) is 18.7 Å². The van der Waals surface area contributed by atoms with Crippen LogP contribution >= 0.6 is 0 Å². The van der Waals surface area contributed by atoms with Crippen LogP contribution in [0.4, 0.5) is 4.39 Å². The van der Waals surface area contributed by atoms with E-state index in [9.17, 15) is 24.2 Å². The van der Waals surface area contributed by atoms with Gasteiger partial charge in [-0.3, -0.25) is 9.59 Å². The second-order valence-corrected chi connectivity index (χ2v) is 7.12. The van der Waals surface area contributed by atoms with E-state index < -0.39 is 23.5 Å². The third-order valence-corrected chi connectivity index (χ3v) is 5.42. The molecule has 0 aliphatic carbocycles. The summed E-state index contributed by atoms with van der Waals surface area (Å²) in [4.78, 5) is 29.3. The monoisotopic (exact) mass is 412 g/mol. The lowest BCUT2D eigenvalue weighted by molar-refractivity contribution is -0.140. The maximum atomic E-state index is 13.3. The molecule has 1 fully saturated rings. The summed E-state index contributed by atoms with van der Waals surface area (Å²) in [6.07, 6.45) is 0. The number of Topliss-reactive ketones (excluding diaryl/α,β-unsaturated/α-hetero) is 1. The first-order valence-electron chi connectivity index (χ1n) is 9.93. The van der Waals surface area contributed by atoms with Crippen molar-refractivity contribution < 1.29 is 24.2 Å². The van der Waals surface area contributed by atoms with Gasteiger partial charge in [0.15, 0.2) is 0 Å². The van der Waals surface area contributed by atoms with E-state index in [4.69, 9.17) is 0 Å². The van der Waals surface area contributed by atoms with E-state index in [1.165, 1.54) is 41.3 Å². The van der Waals surface area contributed by atoms with E-state index in [2.05, 4.69) is 4.90 Å². The molecular weight excluding hydrogens is 387 g/mol. The third-order valence-electron chi connectivity index (χ3n) is 5.42. The first kappa shape index (κ1) is 21.5. The van der Waals surface area contributed by atoms with Crippen molar-refractivity contribution in [3.05, 3.63) is 71.0 Å². The van der Waals surface area contributed by atoms with Gasteiger partial charge in [0.1, 0.15) is 17.3 Å². The fraction of sp³-hybridized carbons (Fsp3) is 0.304. The highest BCUT2D eigenvalue weighted by atomic mass is 19.1. The number of aliphatic hydroxyl groups excluding tert-OH is 1. The van der Waals surface area contributed by atoms with Crippen LogP contribution in [0.25, 0.3) is 5.76 Å². The Balaban J connectivity index is 2.08. The molecule has 1 aliphatic heterocycles. The molecule has 2 N–H and O–H groups in total. The molecule has 0 radical (unpaired) electrons. The van der Waals surface area contributed by atoms with Gasteiger partial charge in [-0.05, 0) is 55.1 Å². The smallest absolute Gasteiger partial charge is 0.295 e. The number of carbonyl (C=O) groups excluding carboxylic acids is 2. The number of nitrogens with zero attached hydrogens (tertiary/aromatic N) is 2. The number of phenols is 1. The van der Waals surface area contributed by atoms with E-state index >= 15 is 0 Å². The minimum Gasteiger partial charge on any atom is -0.508 e. The number of benzene rings is 2. The molecular formula is C23H25FN2O4. The number of amides is 1. The van der Waals surface area contributed by atoms with Crippen LogP contribution in [0.1, 0.15) is 31.0 Å². The van der Waals surface area contributed by atoms with Crippen LogP contribution in [0.3, 0.4) is 0 Å². The van der Waals surface area contributed by atoms with E-state index in [1.54, 1.807) is 12.1 Å². The maximum Gasteiger partial charge on any atom is 0.295 e. The molecule has 2 aromatic carbocycles. The predicted octanol–water partition coefficient (Wildman–Crippen LogP) is 3.29. The number of hydrogen-bond acceptors (Lipinski definition) is 5. The van der Waals surface area contributed by atoms with E-state index in [-0.39, 0.29) is 22.6 Å². The van der Waals surface area contributed by atoms with Gasteiger partial charge in [-0.25, -0.2) is 4.39 Å². The van der Waals surface area contributed by atoms with Crippen molar-refractivity contribution in [2.75, 3.05) is 26.2 Å². The summed E-state index contributed by atoms with van der Waals surface area (Å²) in [6.45, 7) is 6.52. The molecule has 3 rings (SSSR count). The highest BCUT2D eigenvalue weighted by Gasteiger charge is 2.45. The third kappa shape index (κ3) is 4.21. The molecule has 1 saturated heterocycles. The van der Waals surface area contributed by atoms with Crippen LogP contribution < -0.4 is 0 Å². The Hall–Kier alpha value is -3.19. The number of phenolic OH excluding ortho intramolecular Hbond substituents is 1. The van der Waals surface area contributed by atoms with Crippen molar-refractivity contribution in [3.63, 3.8) is 0 Å². The van der Waals surface area contributed by atoms with Crippen molar-refractivity contribution in [3.8, 4) is 5.75 Å². The molecule has 0 spiro atoms. The summed E-state index contributed by atoms with van der Waals surface area (Å²) < 4.78 is 13.3. The Kier molecular flexibility index (Phi) is 6.52. The number of rotatable bonds is 7. The maximum absolute atomic E-state index is 13.3. The van der Waals surface area contributed by atoms with Crippen molar-refractivity contribution in [1.82, 2.24) is 9.80 Å². The SMILES string of the molecule is CCN(CC)CCN1C(=O)C(=O)/C(=C(\O)c2ccc(F)cc2)C1c1ccc(O)cc1. The summed E-state index contributed by atoms with van der Waals surface area (Å²) in [6, 6.07) is 10.5. The van der Waals surface area contributed by atoms with Crippen LogP contribution in [-0.2, 0) is 9.59 Å². The molecule has 1 aliphatic rings. The van der Waals surface area contributed by atoms with Gasteiger partial charge in [-0.1, -0.05) is 26.0 Å². The standard InChI is InChI=1S/C23H25FN2O4/c1-3-25(4-2)13-14-26-20(15-7-11-18(27)12-8-15)19(22(29)23(26)30)21(28)16-5-9-17(24)10-6-16/h5-12,20,27-28H,3-4,13-14H2,1-2H3/b21-19-. The minimum absolute atomic E-state index is 0.0446. The molecule has 7 heteroatoms. The zero-order chi connectivity index (χ0) is 21.8. The summed E-state index contributed by atoms with van der Waals surface area (Å²) in [5.41, 5.74) is 0.800. The van der Waals surface area contributed by atoms with Gasteiger partial charge in [0.25, 0.3) is 11.7 Å². The Bertz CT molecular complexity index is 950. The van der Waals surface area contributed by atoms with Crippen LogP contribution in [0.15, 0.2) is 54.1 Å². The Morgan fingerprint density at radius 3 is 2.20 bits per heavy atom. The number of aliphatic hydroxyl groups is 1. The molecule has 30 heavy (non-hydrogen) atoms. The van der Waals surface area contributed by atoms with Crippen molar-refractivity contribution in [2.45, 2.75) is 19.9 Å². The summed E-state index contributed by atoms with van der Waals surface area (Å²) in [5, 5.41) is 20.5. The fourth-order valence-corrected chi connectivity index (χ4v) is 3.67. The lowest BCUT2D eigenvalue weighted by Gasteiger charge is -2.28. The zero-order valence-corrected chi connectivity index (χ0v) is 17.0. The topological polar surface area (TPSA) is 81.1 Å². The zero-order valence-electron chi connectivity index (χ0n) is 17.0. The normalized spacial score (nSPS) is 18.4. The molecule has 1 heterocycles. The van der Waals surface area contributed by atoms with Gasteiger partial charge < -0.3 is 20.0 Å². The lowest BCUT2D eigenvalue weighted by atomic mass is 9.95. The van der Waals surface area contributed by atoms with E-state index in [1.807, 2.05) is 13.8 Å². The summed E-state index contributed by atoms with van der Waals surface area (Å²) in [5.74, 6) is -2.24. The van der Waals surface area contributed by atoms with Gasteiger partial charge in [-0.15, -0.1) is 0 Å².